The summed E-state index contributed by atoms with van der Waals surface area (Å²) in [6.07, 6.45) is 5.60. The van der Waals surface area contributed by atoms with Gasteiger partial charge < -0.3 is 9.84 Å². The highest BCUT2D eigenvalue weighted by Gasteiger charge is 2.59. The molecular formula is C10H18O2. The minimum atomic E-state index is -0.294. The summed E-state index contributed by atoms with van der Waals surface area (Å²) in [5, 5.41) is 9.93. The van der Waals surface area contributed by atoms with Crippen LogP contribution in [0.1, 0.15) is 46.0 Å². The summed E-state index contributed by atoms with van der Waals surface area (Å²) in [6.45, 7) is 3.94. The Kier molecular flexibility index (Phi) is 1.74. The van der Waals surface area contributed by atoms with Gasteiger partial charge in [-0.15, -0.1) is 0 Å². The number of rotatable bonds is 0. The summed E-state index contributed by atoms with van der Waals surface area (Å²) < 4.78 is 5.82. The first-order valence-electron chi connectivity index (χ1n) is 4.95. The van der Waals surface area contributed by atoms with Crippen molar-refractivity contribution < 1.29 is 9.84 Å². The van der Waals surface area contributed by atoms with Crippen molar-refractivity contribution in [1.29, 1.82) is 0 Å². The highest BCUT2D eigenvalue weighted by Crippen LogP contribution is 2.49. The van der Waals surface area contributed by atoms with Crippen LogP contribution in [0.2, 0.25) is 0 Å². The van der Waals surface area contributed by atoms with Crippen LogP contribution in [0.5, 0.6) is 0 Å². The normalized spacial score (nSPS) is 37.8. The van der Waals surface area contributed by atoms with Crippen LogP contribution in [0.3, 0.4) is 0 Å². The summed E-state index contributed by atoms with van der Waals surface area (Å²) >= 11 is 0. The van der Waals surface area contributed by atoms with Gasteiger partial charge in [-0.2, -0.15) is 0 Å². The second-order valence-corrected chi connectivity index (χ2v) is 4.73. The van der Waals surface area contributed by atoms with E-state index in [1.165, 1.54) is 19.3 Å². The smallest absolute Gasteiger partial charge is 0.111 e. The maximum atomic E-state index is 9.93. The molecule has 1 saturated carbocycles. The standard InChI is InChI=1S/C10H18O2/c1-9(2)8(11)10(12-9)6-4-3-5-7-10/h8,11H,3-7H2,1-2H3. The zero-order valence-corrected chi connectivity index (χ0v) is 7.97. The number of ether oxygens (including phenoxy) is 1. The van der Waals surface area contributed by atoms with E-state index in [2.05, 4.69) is 0 Å². The van der Waals surface area contributed by atoms with E-state index in [0.29, 0.717) is 0 Å². The van der Waals surface area contributed by atoms with Gasteiger partial charge in [-0.3, -0.25) is 0 Å². The van der Waals surface area contributed by atoms with E-state index in [0.717, 1.165) is 12.8 Å². The lowest BCUT2D eigenvalue weighted by Gasteiger charge is -2.59. The van der Waals surface area contributed by atoms with Gasteiger partial charge in [0.05, 0.1) is 11.2 Å². The molecule has 2 rings (SSSR count). The Hall–Kier alpha value is -0.0800. The predicted octanol–water partition coefficient (Wildman–Crippen LogP) is 1.86. The lowest BCUT2D eigenvalue weighted by molar-refractivity contribution is -0.342. The number of aliphatic hydroxyl groups is 1. The summed E-state index contributed by atoms with van der Waals surface area (Å²) in [7, 11) is 0. The second kappa shape index (κ2) is 2.46. The molecule has 2 nitrogen and oxygen atoms in total. The Bertz CT molecular complexity index is 180. The highest BCUT2D eigenvalue weighted by molar-refractivity contribution is 5.08. The fourth-order valence-corrected chi connectivity index (χ4v) is 2.74. The van der Waals surface area contributed by atoms with Crippen LogP contribution in [-0.2, 0) is 4.74 Å². The molecule has 2 fully saturated rings. The molecule has 1 N–H and O–H groups in total. The van der Waals surface area contributed by atoms with E-state index in [-0.39, 0.29) is 17.3 Å². The van der Waals surface area contributed by atoms with Crippen LogP contribution in [0, 0.1) is 0 Å². The molecule has 0 aromatic heterocycles. The van der Waals surface area contributed by atoms with Crippen molar-refractivity contribution >= 4 is 0 Å². The molecule has 0 aromatic rings. The number of hydrogen-bond donors (Lipinski definition) is 1. The quantitative estimate of drug-likeness (QED) is 0.601. The van der Waals surface area contributed by atoms with Gasteiger partial charge in [0.2, 0.25) is 0 Å². The molecule has 1 atom stereocenters. The fraction of sp³-hybridized carbons (Fsp3) is 1.00. The van der Waals surface area contributed by atoms with E-state index in [9.17, 15) is 5.11 Å². The zero-order chi connectivity index (χ0) is 8.82. The molecule has 0 bridgehead atoms. The topological polar surface area (TPSA) is 29.5 Å². The molecule has 70 valence electrons. The predicted molar refractivity (Wildman–Crippen MR) is 47.0 cm³/mol. The van der Waals surface area contributed by atoms with Crippen LogP contribution in [-0.4, -0.2) is 22.4 Å². The molecule has 1 heterocycles. The van der Waals surface area contributed by atoms with E-state index in [1.807, 2.05) is 13.8 Å². The Labute approximate surface area is 73.9 Å². The van der Waals surface area contributed by atoms with Gasteiger partial charge >= 0.3 is 0 Å². The Morgan fingerprint density at radius 1 is 1.17 bits per heavy atom. The van der Waals surface area contributed by atoms with Gasteiger partial charge in [0.25, 0.3) is 0 Å². The number of hydrogen-bond acceptors (Lipinski definition) is 2. The third-order valence-electron chi connectivity index (χ3n) is 3.32. The third-order valence-corrected chi connectivity index (χ3v) is 3.32. The summed E-state index contributed by atoms with van der Waals surface area (Å²) in [5.41, 5.74) is -0.445. The molecule has 1 unspecified atom stereocenters. The largest absolute Gasteiger partial charge is 0.387 e. The lowest BCUT2D eigenvalue weighted by Crippen LogP contribution is -2.70. The van der Waals surface area contributed by atoms with Crippen LogP contribution in [0.25, 0.3) is 0 Å². The van der Waals surface area contributed by atoms with Crippen LogP contribution < -0.4 is 0 Å². The molecule has 0 amide bonds. The van der Waals surface area contributed by atoms with Crippen molar-refractivity contribution in [3.05, 3.63) is 0 Å². The van der Waals surface area contributed by atoms with Crippen LogP contribution in [0.4, 0.5) is 0 Å². The van der Waals surface area contributed by atoms with Gasteiger partial charge in [0.15, 0.2) is 0 Å². The first kappa shape index (κ1) is 8.52. The number of aliphatic hydroxyl groups excluding tert-OH is 1. The second-order valence-electron chi connectivity index (χ2n) is 4.73. The van der Waals surface area contributed by atoms with Gasteiger partial charge in [0.1, 0.15) is 6.10 Å². The average molecular weight is 170 g/mol. The first-order chi connectivity index (χ1) is 5.57. The molecule has 0 radical (unpaired) electrons. The van der Waals surface area contributed by atoms with E-state index in [1.54, 1.807) is 0 Å². The van der Waals surface area contributed by atoms with Crippen molar-refractivity contribution in [1.82, 2.24) is 0 Å². The molecule has 1 spiro atoms. The van der Waals surface area contributed by atoms with Gasteiger partial charge in [-0.25, -0.2) is 0 Å². The lowest BCUT2D eigenvalue weighted by atomic mass is 9.70. The van der Waals surface area contributed by atoms with Gasteiger partial charge in [-0.1, -0.05) is 19.3 Å². The molecule has 0 aromatic carbocycles. The molecular weight excluding hydrogens is 152 g/mol. The van der Waals surface area contributed by atoms with E-state index < -0.39 is 0 Å². The Balaban J connectivity index is 2.05. The first-order valence-corrected chi connectivity index (χ1v) is 4.95. The highest BCUT2D eigenvalue weighted by atomic mass is 16.6. The third kappa shape index (κ3) is 1.01. The zero-order valence-electron chi connectivity index (χ0n) is 7.97. The summed E-state index contributed by atoms with van der Waals surface area (Å²) in [5.74, 6) is 0. The monoisotopic (exact) mass is 170 g/mol. The molecule has 12 heavy (non-hydrogen) atoms. The molecule has 1 saturated heterocycles. The average Bonchev–Trinajstić information content (AvgIpc) is 2.05. The fourth-order valence-electron chi connectivity index (χ4n) is 2.74. The van der Waals surface area contributed by atoms with Crippen molar-refractivity contribution in [2.75, 3.05) is 0 Å². The van der Waals surface area contributed by atoms with Crippen LogP contribution in [0.15, 0.2) is 0 Å². The summed E-state index contributed by atoms with van der Waals surface area (Å²) in [4.78, 5) is 0. The van der Waals surface area contributed by atoms with Crippen molar-refractivity contribution in [2.24, 2.45) is 0 Å². The summed E-state index contributed by atoms with van der Waals surface area (Å²) in [6, 6.07) is 0. The maximum absolute atomic E-state index is 9.93. The Morgan fingerprint density at radius 3 is 2.17 bits per heavy atom. The van der Waals surface area contributed by atoms with E-state index in [4.69, 9.17) is 4.74 Å². The van der Waals surface area contributed by atoms with Gasteiger partial charge in [0, 0.05) is 0 Å². The molecule has 2 aliphatic rings. The van der Waals surface area contributed by atoms with Crippen molar-refractivity contribution in [3.8, 4) is 0 Å². The maximum Gasteiger partial charge on any atom is 0.111 e. The Morgan fingerprint density at radius 2 is 1.75 bits per heavy atom. The van der Waals surface area contributed by atoms with Crippen molar-refractivity contribution in [2.45, 2.75) is 63.3 Å². The van der Waals surface area contributed by atoms with E-state index >= 15 is 0 Å². The molecule has 1 aliphatic heterocycles. The minimum Gasteiger partial charge on any atom is -0.387 e. The molecule has 1 aliphatic carbocycles. The van der Waals surface area contributed by atoms with Gasteiger partial charge in [-0.05, 0) is 26.7 Å². The SMILES string of the molecule is CC1(C)OC2(CCCCC2)C1O. The minimum absolute atomic E-state index is 0.151. The van der Waals surface area contributed by atoms with Crippen LogP contribution >= 0.6 is 0 Å². The molecule has 2 heteroatoms. The van der Waals surface area contributed by atoms with Crippen molar-refractivity contribution in [3.63, 3.8) is 0 Å².